The Morgan fingerprint density at radius 3 is 2.60 bits per heavy atom. The summed E-state index contributed by atoms with van der Waals surface area (Å²) in [5.74, 6) is -0.172. The van der Waals surface area contributed by atoms with Crippen LogP contribution in [0.4, 0.5) is 5.69 Å². The highest BCUT2D eigenvalue weighted by Gasteiger charge is 2.28. The van der Waals surface area contributed by atoms with Crippen LogP contribution in [0.3, 0.4) is 0 Å². The molecule has 1 atom stereocenters. The third-order valence-electron chi connectivity index (χ3n) is 4.69. The molecule has 0 saturated carbocycles. The van der Waals surface area contributed by atoms with Gasteiger partial charge in [0.15, 0.2) is 0 Å². The van der Waals surface area contributed by atoms with E-state index in [4.69, 9.17) is 0 Å². The van der Waals surface area contributed by atoms with Crippen LogP contribution in [0.1, 0.15) is 34.9 Å². The number of carbonyl (C=O) groups excluding carboxylic acids is 2. The van der Waals surface area contributed by atoms with Crippen LogP contribution in [0.15, 0.2) is 42.6 Å². The molecule has 2 aromatic rings. The van der Waals surface area contributed by atoms with Gasteiger partial charge in [-0.25, -0.2) is 0 Å². The first-order valence-corrected chi connectivity index (χ1v) is 8.56. The SMILES string of the molecule is CNC(=O)c1ccc(NC(=O)CN2CCCC2c2cccn2C)cc1. The zero-order valence-corrected chi connectivity index (χ0v) is 14.7. The van der Waals surface area contributed by atoms with E-state index in [9.17, 15) is 9.59 Å². The number of carbonyl (C=O) groups is 2. The number of hydrogen-bond donors (Lipinski definition) is 2. The molecule has 1 fully saturated rings. The van der Waals surface area contributed by atoms with Crippen LogP contribution in [-0.4, -0.2) is 41.4 Å². The summed E-state index contributed by atoms with van der Waals surface area (Å²) in [6, 6.07) is 11.4. The fourth-order valence-corrected chi connectivity index (χ4v) is 3.41. The maximum atomic E-state index is 12.4. The second kappa shape index (κ2) is 7.53. The van der Waals surface area contributed by atoms with Crippen molar-refractivity contribution < 1.29 is 9.59 Å². The summed E-state index contributed by atoms with van der Waals surface area (Å²) in [7, 11) is 3.64. The first-order valence-electron chi connectivity index (χ1n) is 8.56. The van der Waals surface area contributed by atoms with E-state index in [0.29, 0.717) is 23.8 Å². The van der Waals surface area contributed by atoms with Gasteiger partial charge in [-0.2, -0.15) is 0 Å². The second-order valence-electron chi connectivity index (χ2n) is 6.38. The molecule has 0 radical (unpaired) electrons. The summed E-state index contributed by atoms with van der Waals surface area (Å²) < 4.78 is 2.12. The van der Waals surface area contributed by atoms with Gasteiger partial charge in [0, 0.05) is 37.2 Å². The Labute approximate surface area is 147 Å². The quantitative estimate of drug-likeness (QED) is 0.876. The monoisotopic (exact) mass is 340 g/mol. The van der Waals surface area contributed by atoms with Crippen molar-refractivity contribution >= 4 is 17.5 Å². The van der Waals surface area contributed by atoms with Crippen molar-refractivity contribution in [3.63, 3.8) is 0 Å². The van der Waals surface area contributed by atoms with Gasteiger partial charge in [0.05, 0.1) is 12.6 Å². The van der Waals surface area contributed by atoms with Crippen molar-refractivity contribution in [3.05, 3.63) is 53.9 Å². The number of rotatable bonds is 5. The van der Waals surface area contributed by atoms with Crippen LogP contribution in [0.2, 0.25) is 0 Å². The normalized spacial score (nSPS) is 17.4. The molecule has 6 heteroatoms. The molecule has 1 aliphatic heterocycles. The molecule has 1 saturated heterocycles. The minimum Gasteiger partial charge on any atom is -0.355 e. The fourth-order valence-electron chi connectivity index (χ4n) is 3.41. The van der Waals surface area contributed by atoms with E-state index < -0.39 is 0 Å². The topological polar surface area (TPSA) is 66.4 Å². The van der Waals surface area contributed by atoms with Crippen LogP contribution >= 0.6 is 0 Å². The highest BCUT2D eigenvalue weighted by molar-refractivity contribution is 5.96. The van der Waals surface area contributed by atoms with Crippen LogP contribution in [0.5, 0.6) is 0 Å². The fraction of sp³-hybridized carbons (Fsp3) is 0.368. The van der Waals surface area contributed by atoms with Crippen molar-refractivity contribution in [3.8, 4) is 0 Å². The molecule has 2 amide bonds. The number of hydrogen-bond acceptors (Lipinski definition) is 3. The van der Waals surface area contributed by atoms with E-state index in [-0.39, 0.29) is 11.8 Å². The van der Waals surface area contributed by atoms with E-state index in [2.05, 4.69) is 26.2 Å². The van der Waals surface area contributed by atoms with Gasteiger partial charge >= 0.3 is 0 Å². The Hall–Kier alpha value is -2.60. The highest BCUT2D eigenvalue weighted by atomic mass is 16.2. The summed E-state index contributed by atoms with van der Waals surface area (Å²) in [4.78, 5) is 26.2. The molecule has 1 aliphatic rings. The lowest BCUT2D eigenvalue weighted by Crippen LogP contribution is -2.33. The standard InChI is InChI=1S/C19H24N4O2/c1-20-19(25)14-7-9-15(10-8-14)21-18(24)13-23-12-4-6-17(23)16-5-3-11-22(16)2/h3,5,7-11,17H,4,6,12-13H2,1-2H3,(H,20,25)(H,21,24). The number of nitrogens with one attached hydrogen (secondary N) is 2. The molecule has 1 aromatic carbocycles. The van der Waals surface area contributed by atoms with E-state index in [1.165, 1.54) is 5.69 Å². The molecule has 1 unspecified atom stereocenters. The molecule has 2 heterocycles. The van der Waals surface area contributed by atoms with Crippen LogP contribution in [0.25, 0.3) is 0 Å². The summed E-state index contributed by atoms with van der Waals surface area (Å²) in [5, 5.41) is 5.49. The molecular weight excluding hydrogens is 316 g/mol. The average molecular weight is 340 g/mol. The summed E-state index contributed by atoms with van der Waals surface area (Å²) in [6.45, 7) is 1.30. The zero-order valence-electron chi connectivity index (χ0n) is 14.7. The lowest BCUT2D eigenvalue weighted by atomic mass is 10.1. The molecule has 25 heavy (non-hydrogen) atoms. The van der Waals surface area contributed by atoms with Gasteiger partial charge in [-0.15, -0.1) is 0 Å². The third-order valence-corrected chi connectivity index (χ3v) is 4.69. The predicted octanol–water partition coefficient (Wildman–Crippen LogP) is 2.16. The Morgan fingerprint density at radius 1 is 1.20 bits per heavy atom. The van der Waals surface area contributed by atoms with Crippen LogP contribution in [-0.2, 0) is 11.8 Å². The average Bonchev–Trinajstić information content (AvgIpc) is 3.23. The Balaban J connectivity index is 1.60. The smallest absolute Gasteiger partial charge is 0.251 e. The van der Waals surface area contributed by atoms with Crippen molar-refractivity contribution in [2.45, 2.75) is 18.9 Å². The first kappa shape index (κ1) is 17.2. The van der Waals surface area contributed by atoms with Crippen LogP contribution in [0, 0.1) is 0 Å². The first-order chi connectivity index (χ1) is 12.1. The number of aromatic nitrogens is 1. The molecule has 6 nitrogen and oxygen atoms in total. The number of amides is 2. The Bertz CT molecular complexity index is 751. The van der Waals surface area contributed by atoms with Crippen LogP contribution < -0.4 is 10.6 Å². The highest BCUT2D eigenvalue weighted by Crippen LogP contribution is 2.31. The third kappa shape index (κ3) is 3.91. The predicted molar refractivity (Wildman–Crippen MR) is 97.4 cm³/mol. The van der Waals surface area contributed by atoms with E-state index >= 15 is 0 Å². The number of likely N-dealkylation sites (tertiary alicyclic amines) is 1. The van der Waals surface area contributed by atoms with Gasteiger partial charge in [-0.3, -0.25) is 14.5 Å². The maximum Gasteiger partial charge on any atom is 0.251 e. The van der Waals surface area contributed by atoms with E-state index in [0.717, 1.165) is 19.4 Å². The molecule has 2 N–H and O–H groups in total. The van der Waals surface area contributed by atoms with Crippen molar-refractivity contribution in [1.82, 2.24) is 14.8 Å². The molecular formula is C19H24N4O2. The van der Waals surface area contributed by atoms with Gasteiger partial charge in [-0.1, -0.05) is 0 Å². The zero-order chi connectivity index (χ0) is 17.8. The largest absolute Gasteiger partial charge is 0.355 e. The number of anilines is 1. The van der Waals surface area contributed by atoms with E-state index in [1.807, 2.05) is 19.3 Å². The molecule has 132 valence electrons. The number of aryl methyl sites for hydroxylation is 1. The van der Waals surface area contributed by atoms with Gasteiger partial charge in [0.2, 0.25) is 5.91 Å². The van der Waals surface area contributed by atoms with Crippen molar-refractivity contribution in [2.24, 2.45) is 7.05 Å². The van der Waals surface area contributed by atoms with Crippen molar-refractivity contribution in [2.75, 3.05) is 25.5 Å². The lowest BCUT2D eigenvalue weighted by Gasteiger charge is -2.24. The van der Waals surface area contributed by atoms with Gasteiger partial charge < -0.3 is 15.2 Å². The minimum atomic E-state index is -0.139. The van der Waals surface area contributed by atoms with Gasteiger partial charge in [0.1, 0.15) is 0 Å². The molecule has 0 spiro atoms. The second-order valence-corrected chi connectivity index (χ2v) is 6.38. The summed E-state index contributed by atoms with van der Waals surface area (Å²) >= 11 is 0. The number of benzene rings is 1. The minimum absolute atomic E-state index is 0.0335. The van der Waals surface area contributed by atoms with Gasteiger partial charge in [-0.05, 0) is 55.8 Å². The molecule has 3 rings (SSSR count). The van der Waals surface area contributed by atoms with Crippen molar-refractivity contribution in [1.29, 1.82) is 0 Å². The molecule has 1 aromatic heterocycles. The van der Waals surface area contributed by atoms with E-state index in [1.54, 1.807) is 31.3 Å². The summed E-state index contributed by atoms with van der Waals surface area (Å²) in [5.41, 5.74) is 2.52. The summed E-state index contributed by atoms with van der Waals surface area (Å²) in [6.07, 6.45) is 4.22. The number of nitrogens with zero attached hydrogens (tertiary/aromatic N) is 2. The molecule has 0 aliphatic carbocycles. The van der Waals surface area contributed by atoms with Gasteiger partial charge in [0.25, 0.3) is 5.91 Å². The Morgan fingerprint density at radius 2 is 1.96 bits per heavy atom. The maximum absolute atomic E-state index is 12.4. The molecule has 0 bridgehead atoms. The Kier molecular flexibility index (Phi) is 5.19. The lowest BCUT2D eigenvalue weighted by molar-refractivity contribution is -0.117.